The van der Waals surface area contributed by atoms with E-state index in [1.807, 2.05) is 0 Å². The molecule has 0 N–H and O–H groups in total. The fourth-order valence-corrected chi connectivity index (χ4v) is 1.72. The summed E-state index contributed by atoms with van der Waals surface area (Å²) >= 11 is 2.34. The van der Waals surface area contributed by atoms with E-state index < -0.39 is 15.5 Å². The molecule has 0 unspecified atom stereocenters. The summed E-state index contributed by atoms with van der Waals surface area (Å²) in [5.74, 6) is 0. The van der Waals surface area contributed by atoms with Crippen LogP contribution >= 0.6 is 0 Å². The van der Waals surface area contributed by atoms with Gasteiger partial charge in [-0.3, -0.25) is 0 Å². The predicted molar refractivity (Wildman–Crippen MR) is 54.0 cm³/mol. The number of alkyl halides is 3. The van der Waals surface area contributed by atoms with Crippen LogP contribution in [0.15, 0.2) is 34.7 Å². The Balaban J connectivity index is 2.91. The van der Waals surface area contributed by atoms with Gasteiger partial charge in [-0.1, -0.05) is 0 Å². The molecule has 0 radical (unpaired) electrons. The van der Waals surface area contributed by atoms with Crippen molar-refractivity contribution in [3.8, 4) is 0 Å². The fraction of sp³-hybridized carbons (Fsp3) is 0.111. The molecule has 0 fully saturated rings. The van der Waals surface area contributed by atoms with Crippen LogP contribution < -0.4 is 0 Å². The summed E-state index contributed by atoms with van der Waals surface area (Å²) in [6.45, 7) is 0. The maximum absolute atomic E-state index is 12.0. The van der Waals surface area contributed by atoms with Crippen molar-refractivity contribution in [3.05, 3.63) is 35.9 Å². The molecule has 17 heavy (non-hydrogen) atoms. The summed E-state index contributed by atoms with van der Waals surface area (Å²) in [4.78, 5) is 0. The predicted octanol–water partition coefficient (Wildman–Crippen LogP) is 1.67. The van der Waals surface area contributed by atoms with E-state index in [1.54, 1.807) is 30.3 Å². The van der Waals surface area contributed by atoms with Gasteiger partial charge in [-0.15, -0.1) is 0 Å². The monoisotopic (exact) mass is 352 g/mol. The van der Waals surface area contributed by atoms with Crippen LogP contribution in [0.1, 0.15) is 5.56 Å². The Labute approximate surface area is 106 Å². The average molecular weight is 352 g/mol. The summed E-state index contributed by atoms with van der Waals surface area (Å²) in [6.07, 6.45) is 0.644. The van der Waals surface area contributed by atoms with Gasteiger partial charge in [-0.05, 0) is 0 Å². The van der Waals surface area contributed by atoms with E-state index in [9.17, 15) is 21.6 Å². The quantitative estimate of drug-likeness (QED) is 0.614. The van der Waals surface area contributed by atoms with Crippen molar-refractivity contribution in [1.82, 2.24) is 0 Å². The van der Waals surface area contributed by atoms with E-state index in [2.05, 4.69) is 22.2 Å². The first-order valence-electron chi connectivity index (χ1n) is 4.16. The van der Waals surface area contributed by atoms with Crippen LogP contribution in [-0.4, -0.2) is 24.2 Å². The minimum absolute atomic E-state index is 0.222. The van der Waals surface area contributed by atoms with Gasteiger partial charge in [0.05, 0.1) is 0 Å². The van der Waals surface area contributed by atoms with Gasteiger partial charge in [0, 0.05) is 0 Å². The van der Waals surface area contributed by atoms with Gasteiger partial charge >= 0.3 is 106 Å². The van der Waals surface area contributed by atoms with Crippen LogP contribution in [0.4, 0.5) is 13.2 Å². The van der Waals surface area contributed by atoms with Crippen molar-refractivity contribution in [2.24, 2.45) is 4.40 Å². The van der Waals surface area contributed by atoms with Crippen molar-refractivity contribution in [1.29, 1.82) is 0 Å². The van der Waals surface area contributed by atoms with Crippen LogP contribution in [0.2, 0.25) is 0 Å². The van der Waals surface area contributed by atoms with Crippen molar-refractivity contribution in [2.45, 2.75) is 5.51 Å². The first kappa shape index (κ1) is 14.2. The van der Waals surface area contributed by atoms with Gasteiger partial charge in [0.1, 0.15) is 0 Å². The molecule has 0 amide bonds. The second-order valence-corrected chi connectivity index (χ2v) is 5.35. The second kappa shape index (κ2) is 5.18. The van der Waals surface area contributed by atoms with Crippen LogP contribution in [-0.2, 0) is 27.9 Å². The van der Waals surface area contributed by atoms with Gasteiger partial charge < -0.3 is 0 Å². The molecule has 0 aliphatic rings. The van der Waals surface area contributed by atoms with Crippen molar-refractivity contribution in [2.75, 3.05) is 0 Å². The third kappa shape index (κ3) is 3.82. The molecule has 95 valence electrons. The van der Waals surface area contributed by atoms with E-state index in [4.69, 9.17) is 0 Å². The zero-order chi connectivity index (χ0) is 13.1. The first-order chi connectivity index (χ1) is 7.74. The Bertz CT molecular complexity index is 537. The molecule has 1 aromatic carbocycles. The number of rotatable bonds is 3. The molecule has 0 aromatic heterocycles. The number of hydrogen-bond acceptors (Lipinski definition) is 2. The Kier molecular flexibility index (Phi) is 4.33. The fourth-order valence-electron chi connectivity index (χ4n) is 0.838. The molecule has 1 aromatic rings. The molecule has 0 aliphatic heterocycles. The summed E-state index contributed by atoms with van der Waals surface area (Å²) < 4.78 is 60.0. The number of halogens is 3. The molecule has 0 saturated heterocycles. The van der Waals surface area contributed by atoms with E-state index in [0.29, 0.717) is 11.8 Å². The van der Waals surface area contributed by atoms with Gasteiger partial charge in [0.2, 0.25) is 0 Å². The Morgan fingerprint density at radius 1 is 1.24 bits per heavy atom. The van der Waals surface area contributed by atoms with Crippen molar-refractivity contribution >= 4 is 20.3 Å². The minimum atomic E-state index is -5.47. The van der Waals surface area contributed by atoms with E-state index >= 15 is 0 Å². The van der Waals surface area contributed by atoms with E-state index in [1.165, 1.54) is 0 Å². The third-order valence-corrected chi connectivity index (χ3v) is 3.28. The normalized spacial score (nSPS) is 12.9. The van der Waals surface area contributed by atoms with Crippen LogP contribution in [0.3, 0.4) is 0 Å². The molecule has 0 aliphatic carbocycles. The SMILES string of the molecule is O=S(=O)(/N=C/[C](=[Rh])c1ccccc1)C(F)(F)F. The molecule has 0 saturated carbocycles. The summed E-state index contributed by atoms with van der Waals surface area (Å²) in [5.41, 5.74) is -4.82. The molecule has 0 atom stereocenters. The zero-order valence-corrected chi connectivity index (χ0v) is 10.6. The summed E-state index contributed by atoms with van der Waals surface area (Å²) in [5, 5.41) is 0. The first-order valence-corrected chi connectivity index (χ1v) is 6.42. The van der Waals surface area contributed by atoms with Crippen molar-refractivity contribution in [3.63, 3.8) is 0 Å². The average Bonchev–Trinajstić information content (AvgIpc) is 2.25. The number of nitrogens with zero attached hydrogens (tertiary/aromatic N) is 1. The molecule has 1 rings (SSSR count). The van der Waals surface area contributed by atoms with Gasteiger partial charge in [0.25, 0.3) is 0 Å². The Morgan fingerprint density at radius 2 is 1.76 bits per heavy atom. The second-order valence-electron chi connectivity index (χ2n) is 2.85. The Hall–Kier alpha value is -0.877. The van der Waals surface area contributed by atoms with Crippen molar-refractivity contribution < 1.29 is 39.4 Å². The molecule has 0 bridgehead atoms. The van der Waals surface area contributed by atoms with E-state index in [-0.39, 0.29) is 4.11 Å². The van der Waals surface area contributed by atoms with Gasteiger partial charge in [-0.25, -0.2) is 0 Å². The number of benzene rings is 1. The molecular formula is C9H6F3NO2RhS. The summed E-state index contributed by atoms with van der Waals surface area (Å²) in [7, 11) is -5.47. The summed E-state index contributed by atoms with van der Waals surface area (Å²) in [6, 6.07) is 8.29. The van der Waals surface area contributed by atoms with Crippen LogP contribution in [0, 0.1) is 0 Å². The molecule has 0 spiro atoms. The van der Waals surface area contributed by atoms with Gasteiger partial charge in [0.15, 0.2) is 0 Å². The molecule has 3 nitrogen and oxygen atoms in total. The standard InChI is InChI=1S/C9H6F3NO2S.Rh/c10-9(11,12)16(14,15)13-7-6-8-4-2-1-3-5-8;/h1-5,7H;/b13-7+;. The molecular weight excluding hydrogens is 346 g/mol. The maximum atomic E-state index is 12.0. The Morgan fingerprint density at radius 3 is 2.24 bits per heavy atom. The van der Waals surface area contributed by atoms with Gasteiger partial charge in [-0.2, -0.15) is 0 Å². The third-order valence-electron chi connectivity index (χ3n) is 1.63. The molecule has 0 heterocycles. The van der Waals surface area contributed by atoms with E-state index in [0.717, 1.165) is 0 Å². The zero-order valence-electron chi connectivity index (χ0n) is 8.10. The molecule has 8 heteroatoms. The van der Waals surface area contributed by atoms with Crippen LogP contribution in [0.25, 0.3) is 0 Å². The number of hydrogen-bond donors (Lipinski definition) is 0. The number of sulfonamides is 1. The van der Waals surface area contributed by atoms with Crippen LogP contribution in [0.5, 0.6) is 0 Å². The topological polar surface area (TPSA) is 46.5 Å².